The number of para-hydroxylation sites is 1. The van der Waals surface area contributed by atoms with E-state index in [0.29, 0.717) is 5.69 Å². The molecule has 2 aromatic carbocycles. The van der Waals surface area contributed by atoms with E-state index in [-0.39, 0.29) is 29.1 Å². The number of rotatable bonds is 5. The zero-order chi connectivity index (χ0) is 25.8. The molecule has 1 aromatic heterocycles. The van der Waals surface area contributed by atoms with Crippen molar-refractivity contribution >= 4 is 17.3 Å². The van der Waals surface area contributed by atoms with E-state index in [1.807, 2.05) is 0 Å². The Morgan fingerprint density at radius 2 is 1.89 bits per heavy atom. The van der Waals surface area contributed by atoms with Crippen LogP contribution in [0, 0.1) is 17.0 Å². The fourth-order valence-electron chi connectivity index (χ4n) is 5.63. The van der Waals surface area contributed by atoms with Crippen LogP contribution >= 0.6 is 0 Å². The summed E-state index contributed by atoms with van der Waals surface area (Å²) in [6, 6.07) is 12.1. The van der Waals surface area contributed by atoms with E-state index in [9.17, 15) is 28.1 Å². The topological polar surface area (TPSA) is 102 Å². The summed E-state index contributed by atoms with van der Waals surface area (Å²) < 4.78 is 49.4. The van der Waals surface area contributed by atoms with Gasteiger partial charge in [-0.05, 0) is 18.6 Å². The van der Waals surface area contributed by atoms with Crippen molar-refractivity contribution < 1.29 is 27.4 Å². The van der Waals surface area contributed by atoms with Crippen molar-refractivity contribution in [3.05, 3.63) is 99.9 Å². The molecule has 0 bridgehead atoms. The molecule has 1 spiro atoms. The fourth-order valence-corrected chi connectivity index (χ4v) is 5.63. The first-order valence-electron chi connectivity index (χ1n) is 11.1. The molecule has 1 amide bonds. The quantitative estimate of drug-likeness (QED) is 0.310. The molecule has 11 heteroatoms. The number of amides is 1. The van der Waals surface area contributed by atoms with E-state index in [1.54, 1.807) is 42.5 Å². The molecule has 1 N–H and O–H groups in total. The molecule has 1 saturated heterocycles. The second-order valence-electron chi connectivity index (χ2n) is 8.85. The summed E-state index contributed by atoms with van der Waals surface area (Å²) >= 11 is 0. The number of nitrogens with one attached hydrogen (secondary N) is 1. The molecular formula is C25H21F3N4O4. The fraction of sp³-hybridized carbons (Fsp3) is 0.280. The third-order valence-corrected chi connectivity index (χ3v) is 6.94. The van der Waals surface area contributed by atoms with Gasteiger partial charge in [0.1, 0.15) is 11.6 Å². The van der Waals surface area contributed by atoms with Gasteiger partial charge in [0.15, 0.2) is 5.69 Å². The molecular weight excluding hydrogens is 477 g/mol. The highest BCUT2D eigenvalue weighted by Crippen LogP contribution is 2.61. The number of aryl methyl sites for hydroxylation is 1. The van der Waals surface area contributed by atoms with Crippen LogP contribution in [0.5, 0.6) is 0 Å². The number of fused-ring (bicyclic) bond motifs is 2. The number of hydrogen-bond donors (Lipinski definition) is 1. The average Bonchev–Trinajstić information content (AvgIpc) is 3.47. The summed E-state index contributed by atoms with van der Waals surface area (Å²) in [6.07, 6.45) is -3.33. The van der Waals surface area contributed by atoms with Crippen molar-refractivity contribution in [2.45, 2.75) is 36.5 Å². The smallest absolute Gasteiger partial charge is 0.353 e. The van der Waals surface area contributed by atoms with Crippen LogP contribution in [0.1, 0.15) is 34.4 Å². The maximum Gasteiger partial charge on any atom is 0.404 e. The minimum absolute atomic E-state index is 0.0379. The van der Waals surface area contributed by atoms with E-state index in [2.05, 4.69) is 17.1 Å². The van der Waals surface area contributed by atoms with Crippen LogP contribution in [-0.4, -0.2) is 34.8 Å². The Balaban J connectivity index is 1.87. The van der Waals surface area contributed by atoms with E-state index in [0.717, 1.165) is 0 Å². The normalized spacial score (nSPS) is 25.4. The van der Waals surface area contributed by atoms with Crippen molar-refractivity contribution in [2.75, 3.05) is 11.4 Å². The minimum atomic E-state index is -4.80. The maximum atomic E-state index is 14.7. The summed E-state index contributed by atoms with van der Waals surface area (Å²) in [5.41, 5.74) is -1.71. The number of halogens is 3. The van der Waals surface area contributed by atoms with Gasteiger partial charge >= 0.3 is 11.9 Å². The van der Waals surface area contributed by atoms with Crippen molar-refractivity contribution in [3.63, 3.8) is 0 Å². The average molecular weight is 498 g/mol. The summed E-state index contributed by atoms with van der Waals surface area (Å²) in [6.45, 7) is 5.05. The first-order chi connectivity index (χ1) is 17.1. The maximum absolute atomic E-state index is 14.7. The lowest BCUT2D eigenvalue weighted by molar-refractivity contribution is -0.386. The zero-order valence-electron chi connectivity index (χ0n) is 19.0. The summed E-state index contributed by atoms with van der Waals surface area (Å²) in [5, 5.41) is 18.4. The Hall–Kier alpha value is -3.99. The van der Waals surface area contributed by atoms with Crippen molar-refractivity contribution in [1.82, 2.24) is 10.5 Å². The number of nitrogens with zero attached hydrogens (tertiary/aromatic N) is 3. The second-order valence-corrected chi connectivity index (χ2v) is 8.85. The van der Waals surface area contributed by atoms with E-state index < -0.39 is 46.1 Å². The Labute approximate surface area is 203 Å². The van der Waals surface area contributed by atoms with Gasteiger partial charge in [-0.3, -0.25) is 20.2 Å². The molecule has 2 aliphatic heterocycles. The predicted molar refractivity (Wildman–Crippen MR) is 123 cm³/mol. The van der Waals surface area contributed by atoms with E-state index >= 15 is 0 Å². The number of aromatic nitrogens is 1. The van der Waals surface area contributed by atoms with Crippen LogP contribution in [-0.2, 0) is 10.3 Å². The molecule has 0 aliphatic carbocycles. The number of carbonyl (C=O) groups is 1. The number of anilines is 1. The largest absolute Gasteiger partial charge is 0.404 e. The van der Waals surface area contributed by atoms with E-state index in [4.69, 9.17) is 4.52 Å². The molecule has 186 valence electrons. The molecule has 36 heavy (non-hydrogen) atoms. The predicted octanol–water partition coefficient (Wildman–Crippen LogP) is 4.72. The van der Waals surface area contributed by atoms with E-state index in [1.165, 1.54) is 30.0 Å². The lowest BCUT2D eigenvalue weighted by Crippen LogP contribution is -2.53. The summed E-state index contributed by atoms with van der Waals surface area (Å²) in [7, 11) is 0. The van der Waals surface area contributed by atoms with Gasteiger partial charge in [-0.15, -0.1) is 6.58 Å². The Morgan fingerprint density at radius 1 is 1.22 bits per heavy atom. The molecule has 2 aliphatic rings. The van der Waals surface area contributed by atoms with Crippen LogP contribution in [0.15, 0.2) is 71.8 Å². The van der Waals surface area contributed by atoms with Crippen LogP contribution < -0.4 is 10.2 Å². The Kier molecular flexibility index (Phi) is 5.47. The van der Waals surface area contributed by atoms with Crippen LogP contribution in [0.2, 0.25) is 0 Å². The van der Waals surface area contributed by atoms with Gasteiger partial charge < -0.3 is 9.42 Å². The minimum Gasteiger partial charge on any atom is -0.353 e. The lowest BCUT2D eigenvalue weighted by atomic mass is 9.71. The van der Waals surface area contributed by atoms with Gasteiger partial charge in [0, 0.05) is 23.7 Å². The first-order valence-corrected chi connectivity index (χ1v) is 11.1. The molecule has 8 nitrogen and oxygen atoms in total. The summed E-state index contributed by atoms with van der Waals surface area (Å²) in [4.78, 5) is 26.7. The van der Waals surface area contributed by atoms with Crippen LogP contribution in [0.25, 0.3) is 0 Å². The standard InChI is InChI=1S/C25H21F3N4O4/c1-3-13-31-17-12-8-7-11-16(17)24(23(31)33)19(21-20(32(34)35)14(2)30-36-21)18(15-9-5-4-6-10-15)22(29-24)25(26,27)28/h3-12,18-19,22,29H,1,13H2,2H3/t18-,19+,22-,24-/m1/s1. The molecule has 5 rings (SSSR count). The second kappa shape index (κ2) is 8.30. The van der Waals surface area contributed by atoms with Gasteiger partial charge in [-0.25, -0.2) is 0 Å². The highest BCUT2D eigenvalue weighted by molar-refractivity contribution is 6.09. The summed E-state index contributed by atoms with van der Waals surface area (Å²) in [5.74, 6) is -3.92. The van der Waals surface area contributed by atoms with Gasteiger partial charge in [0.05, 0.1) is 10.8 Å². The number of carbonyl (C=O) groups excluding carboxylic acids is 1. The zero-order valence-corrected chi connectivity index (χ0v) is 19.0. The molecule has 3 heterocycles. The van der Waals surface area contributed by atoms with Crippen LogP contribution in [0.4, 0.5) is 24.5 Å². The monoisotopic (exact) mass is 498 g/mol. The molecule has 0 radical (unpaired) electrons. The Morgan fingerprint density at radius 3 is 2.53 bits per heavy atom. The van der Waals surface area contributed by atoms with Gasteiger partial charge in [0.2, 0.25) is 5.76 Å². The Bertz CT molecular complexity index is 1360. The van der Waals surface area contributed by atoms with Gasteiger partial charge in [-0.1, -0.05) is 59.8 Å². The highest BCUT2D eigenvalue weighted by atomic mass is 19.4. The SMILES string of the molecule is C=CCN1C(=O)[C@@]2(N[C@@H](C(F)(F)F)[C@H](c3ccccc3)[C@H]2c2onc(C)c2[N+](=O)[O-])c2ccccc21. The van der Waals surface area contributed by atoms with Crippen LogP contribution in [0.3, 0.4) is 0 Å². The lowest BCUT2D eigenvalue weighted by Gasteiger charge is -2.30. The van der Waals surface area contributed by atoms with Crippen molar-refractivity contribution in [2.24, 2.45) is 0 Å². The molecule has 0 unspecified atom stereocenters. The highest BCUT2D eigenvalue weighted by Gasteiger charge is 2.70. The number of nitro groups is 1. The molecule has 3 aromatic rings. The van der Waals surface area contributed by atoms with Gasteiger partial charge in [0.25, 0.3) is 5.91 Å². The molecule has 4 atom stereocenters. The number of benzene rings is 2. The third kappa shape index (κ3) is 3.26. The van der Waals surface area contributed by atoms with Gasteiger partial charge in [-0.2, -0.15) is 13.2 Å². The molecule has 0 saturated carbocycles. The third-order valence-electron chi connectivity index (χ3n) is 6.94. The van der Waals surface area contributed by atoms with Crippen molar-refractivity contribution in [3.8, 4) is 0 Å². The first kappa shape index (κ1) is 23.7. The van der Waals surface area contributed by atoms with Crippen molar-refractivity contribution in [1.29, 1.82) is 0 Å². The number of alkyl halides is 3. The number of hydrogen-bond acceptors (Lipinski definition) is 6. The molecule has 1 fully saturated rings.